The second-order valence-corrected chi connectivity index (χ2v) is 3.94. The van der Waals surface area contributed by atoms with Gasteiger partial charge in [0.1, 0.15) is 0 Å². The van der Waals surface area contributed by atoms with E-state index in [1.165, 1.54) is 12.4 Å². The number of imide groups is 3. The molecule has 0 bridgehead atoms. The Balaban J connectivity index is 2.03. The maximum atomic E-state index is 12.0. The highest BCUT2D eigenvalue weighted by Gasteiger charge is 2.50. The van der Waals surface area contributed by atoms with Crippen molar-refractivity contribution in [3.05, 3.63) is 23.8 Å². The number of aromatic nitrogens is 2. The Hall–Kier alpha value is -3.17. The van der Waals surface area contributed by atoms with Crippen molar-refractivity contribution in [3.63, 3.8) is 0 Å². The largest absolute Gasteiger partial charge is 0.328 e. The second-order valence-electron chi connectivity index (χ2n) is 3.94. The van der Waals surface area contributed by atoms with Gasteiger partial charge < -0.3 is 0 Å². The maximum Gasteiger partial charge on any atom is 0.328 e. The molecule has 1 fully saturated rings. The van der Waals surface area contributed by atoms with Gasteiger partial charge in [0.05, 0.1) is 0 Å². The summed E-state index contributed by atoms with van der Waals surface area (Å²) in [7, 11) is 0. The van der Waals surface area contributed by atoms with Crippen molar-refractivity contribution >= 4 is 29.7 Å². The minimum absolute atomic E-state index is 0.241. The van der Waals surface area contributed by atoms with Gasteiger partial charge >= 0.3 is 6.03 Å². The van der Waals surface area contributed by atoms with E-state index in [9.17, 15) is 24.0 Å². The van der Waals surface area contributed by atoms with Crippen molar-refractivity contribution in [3.8, 4) is 0 Å². The molecule has 0 unspecified atom stereocenters. The van der Waals surface area contributed by atoms with Crippen molar-refractivity contribution in [2.75, 3.05) is 0 Å². The van der Waals surface area contributed by atoms with Gasteiger partial charge in [-0.15, -0.1) is 0 Å². The minimum atomic E-state index is -1.76. The number of carbonyl (C=O) groups is 5. The molecule has 0 atom stereocenters. The van der Waals surface area contributed by atoms with Crippen LogP contribution in [0.3, 0.4) is 0 Å². The third kappa shape index (κ3) is 1.48. The van der Waals surface area contributed by atoms with E-state index >= 15 is 0 Å². The van der Waals surface area contributed by atoms with E-state index in [1.54, 1.807) is 0 Å². The highest BCUT2D eigenvalue weighted by molar-refractivity contribution is 6.27. The fourth-order valence-corrected chi connectivity index (χ4v) is 1.95. The Bertz CT molecular complexity index is 644. The molecule has 3 rings (SSSR count). The highest BCUT2D eigenvalue weighted by Crippen LogP contribution is 2.21. The van der Waals surface area contributed by atoms with Gasteiger partial charge in [-0.05, 0) is 0 Å². The van der Waals surface area contributed by atoms with Crippen LogP contribution >= 0.6 is 0 Å². The van der Waals surface area contributed by atoms with Gasteiger partial charge in [0.15, 0.2) is 17.4 Å². The van der Waals surface area contributed by atoms with Crippen molar-refractivity contribution in [1.29, 1.82) is 0 Å². The molecule has 2 aliphatic rings. The molecule has 1 saturated heterocycles. The van der Waals surface area contributed by atoms with E-state index in [2.05, 4.69) is 9.97 Å². The first-order chi connectivity index (χ1) is 9.50. The topological polar surface area (TPSA) is 138 Å². The zero-order valence-electron chi connectivity index (χ0n) is 9.61. The Labute approximate surface area is 110 Å². The smallest absolute Gasteiger partial charge is 0.275 e. The predicted molar refractivity (Wildman–Crippen MR) is 58.0 cm³/mol. The van der Waals surface area contributed by atoms with E-state index in [0.29, 0.717) is 4.90 Å². The summed E-state index contributed by atoms with van der Waals surface area (Å²) in [6, 6.07) is -2.77. The van der Waals surface area contributed by atoms with E-state index in [0.717, 1.165) is 0 Å². The number of nitrogens with zero attached hydrogens (tertiary/aromatic N) is 3. The molecule has 1 aromatic heterocycles. The summed E-state index contributed by atoms with van der Waals surface area (Å²) >= 11 is 0. The van der Waals surface area contributed by atoms with E-state index < -0.39 is 35.7 Å². The van der Waals surface area contributed by atoms with Crippen LogP contribution in [0.4, 0.5) is 4.79 Å². The molecule has 0 spiro atoms. The van der Waals surface area contributed by atoms with Gasteiger partial charge in [-0.3, -0.25) is 29.8 Å². The molecule has 0 aromatic carbocycles. The zero-order chi connectivity index (χ0) is 14.4. The summed E-state index contributed by atoms with van der Waals surface area (Å²) in [5, 5.41) is 3.62. The van der Waals surface area contributed by atoms with Crippen LogP contribution in [-0.4, -0.2) is 50.6 Å². The highest BCUT2D eigenvalue weighted by atomic mass is 16.2. The van der Waals surface area contributed by atoms with Crippen LogP contribution in [0.15, 0.2) is 12.4 Å². The van der Waals surface area contributed by atoms with Crippen LogP contribution in [-0.2, 0) is 9.59 Å². The molecule has 0 saturated carbocycles. The zero-order valence-corrected chi connectivity index (χ0v) is 9.61. The standard InChI is InChI=1S/C10H5N5O5/c16-6-5(7(17)14-10(20)13-6)15-8(18)3-4(9(15)19)12-2-1-11-3/h1-2,5H,(H2,13,14,16,17,20). The van der Waals surface area contributed by atoms with E-state index in [-0.39, 0.29) is 11.4 Å². The minimum Gasteiger partial charge on any atom is -0.275 e. The quantitative estimate of drug-likeness (QED) is 0.438. The summed E-state index contributed by atoms with van der Waals surface area (Å²) < 4.78 is 0. The lowest BCUT2D eigenvalue weighted by atomic mass is 10.2. The first-order valence-corrected chi connectivity index (χ1v) is 5.35. The normalized spacial score (nSPS) is 19.0. The summed E-state index contributed by atoms with van der Waals surface area (Å²) in [5.74, 6) is -3.95. The van der Waals surface area contributed by atoms with Crippen LogP contribution in [0.1, 0.15) is 21.0 Å². The summed E-state index contributed by atoms with van der Waals surface area (Å²) in [6.45, 7) is 0. The number of rotatable bonds is 1. The molecule has 3 heterocycles. The number of fused-ring (bicyclic) bond motifs is 1. The van der Waals surface area contributed by atoms with Gasteiger partial charge in [-0.2, -0.15) is 0 Å². The molecule has 6 amide bonds. The van der Waals surface area contributed by atoms with Crippen molar-refractivity contribution < 1.29 is 24.0 Å². The molecular weight excluding hydrogens is 270 g/mol. The van der Waals surface area contributed by atoms with Gasteiger partial charge in [-0.1, -0.05) is 0 Å². The van der Waals surface area contributed by atoms with E-state index in [4.69, 9.17) is 0 Å². The average molecular weight is 275 g/mol. The lowest BCUT2D eigenvalue weighted by Gasteiger charge is -2.26. The molecule has 0 aliphatic carbocycles. The van der Waals surface area contributed by atoms with Crippen molar-refractivity contribution in [1.82, 2.24) is 25.5 Å². The lowest BCUT2D eigenvalue weighted by Crippen LogP contribution is -2.65. The predicted octanol–water partition coefficient (Wildman–Crippen LogP) is -2.19. The molecule has 1 aromatic rings. The number of urea groups is 1. The fourth-order valence-electron chi connectivity index (χ4n) is 1.95. The third-order valence-corrected chi connectivity index (χ3v) is 2.77. The lowest BCUT2D eigenvalue weighted by molar-refractivity contribution is -0.135. The summed E-state index contributed by atoms with van der Waals surface area (Å²) in [5.41, 5.74) is -0.481. The monoisotopic (exact) mass is 275 g/mol. The first-order valence-electron chi connectivity index (χ1n) is 5.35. The SMILES string of the molecule is O=C1NC(=O)C(N2C(=O)c3nccnc3C2=O)C(=O)N1. The van der Waals surface area contributed by atoms with Gasteiger partial charge in [0.2, 0.25) is 0 Å². The van der Waals surface area contributed by atoms with Gasteiger partial charge in [0.25, 0.3) is 23.6 Å². The molecule has 10 heteroatoms. The number of barbiturate groups is 1. The Morgan fingerprint density at radius 3 is 1.75 bits per heavy atom. The Morgan fingerprint density at radius 1 is 0.850 bits per heavy atom. The van der Waals surface area contributed by atoms with Crippen LogP contribution in [0, 0.1) is 0 Å². The van der Waals surface area contributed by atoms with Crippen LogP contribution in [0.25, 0.3) is 0 Å². The van der Waals surface area contributed by atoms with Gasteiger partial charge in [-0.25, -0.2) is 19.7 Å². The van der Waals surface area contributed by atoms with Crippen LogP contribution < -0.4 is 10.6 Å². The molecule has 20 heavy (non-hydrogen) atoms. The van der Waals surface area contributed by atoms with Crippen molar-refractivity contribution in [2.45, 2.75) is 6.04 Å². The van der Waals surface area contributed by atoms with Gasteiger partial charge in [0, 0.05) is 12.4 Å². The maximum absolute atomic E-state index is 12.0. The number of amides is 6. The molecule has 0 radical (unpaired) electrons. The molecule has 100 valence electrons. The number of nitrogens with one attached hydrogen (secondary N) is 2. The average Bonchev–Trinajstić information content (AvgIpc) is 2.64. The number of hydrogen-bond acceptors (Lipinski definition) is 7. The molecule has 2 N–H and O–H groups in total. The Kier molecular flexibility index (Phi) is 2.33. The first kappa shape index (κ1) is 11.9. The van der Waals surface area contributed by atoms with Crippen LogP contribution in [0.5, 0.6) is 0 Å². The number of carbonyl (C=O) groups excluding carboxylic acids is 5. The fraction of sp³-hybridized carbons (Fsp3) is 0.100. The molecule has 2 aliphatic heterocycles. The molecular formula is C10H5N5O5. The molecule has 10 nitrogen and oxygen atoms in total. The Morgan fingerprint density at radius 2 is 1.30 bits per heavy atom. The third-order valence-electron chi connectivity index (χ3n) is 2.77. The summed E-state index contributed by atoms with van der Waals surface area (Å²) in [6.07, 6.45) is 2.41. The van der Waals surface area contributed by atoms with Crippen molar-refractivity contribution in [2.24, 2.45) is 0 Å². The number of hydrogen-bond donors (Lipinski definition) is 2. The van der Waals surface area contributed by atoms with E-state index in [1.807, 2.05) is 10.6 Å². The summed E-state index contributed by atoms with van der Waals surface area (Å²) in [4.78, 5) is 66.2. The second kappa shape index (κ2) is 3.91. The van der Waals surface area contributed by atoms with Crippen LogP contribution in [0.2, 0.25) is 0 Å².